The van der Waals surface area contributed by atoms with E-state index in [-0.39, 0.29) is 12.0 Å². The van der Waals surface area contributed by atoms with E-state index >= 15 is 0 Å². The van der Waals surface area contributed by atoms with Gasteiger partial charge in [0.1, 0.15) is 0 Å². The molecule has 0 aromatic heterocycles. The Labute approximate surface area is 115 Å². The Morgan fingerprint density at radius 2 is 2.00 bits per heavy atom. The van der Waals surface area contributed by atoms with E-state index in [1.807, 2.05) is 32.9 Å². The molecule has 2 atom stereocenters. The van der Waals surface area contributed by atoms with Gasteiger partial charge in [-0.05, 0) is 43.4 Å². The second kappa shape index (κ2) is 5.23. The summed E-state index contributed by atoms with van der Waals surface area (Å²) in [5, 5.41) is 0. The van der Waals surface area contributed by atoms with Crippen molar-refractivity contribution in [3.63, 3.8) is 0 Å². The van der Waals surface area contributed by atoms with Crippen molar-refractivity contribution in [3.05, 3.63) is 29.3 Å². The highest BCUT2D eigenvalue weighted by molar-refractivity contribution is 7.89. The van der Waals surface area contributed by atoms with E-state index in [2.05, 4.69) is 0 Å². The predicted octanol–water partition coefficient (Wildman–Crippen LogP) is 1.66. The molecule has 1 heterocycles. The van der Waals surface area contributed by atoms with Crippen molar-refractivity contribution in [3.8, 4) is 0 Å². The van der Waals surface area contributed by atoms with Crippen LogP contribution in [-0.4, -0.2) is 31.9 Å². The molecule has 4 nitrogen and oxygen atoms in total. The minimum atomic E-state index is -3.39. The van der Waals surface area contributed by atoms with Crippen LogP contribution in [0, 0.1) is 19.8 Å². The number of piperidine rings is 1. The molecular weight excluding hydrogens is 260 g/mol. The summed E-state index contributed by atoms with van der Waals surface area (Å²) in [6.07, 6.45) is 0.727. The lowest BCUT2D eigenvalue weighted by molar-refractivity contribution is 0.250. The molecule has 1 saturated heterocycles. The van der Waals surface area contributed by atoms with Crippen LogP contribution in [-0.2, 0) is 10.0 Å². The summed E-state index contributed by atoms with van der Waals surface area (Å²) < 4.78 is 27.0. The monoisotopic (exact) mass is 282 g/mol. The zero-order valence-corrected chi connectivity index (χ0v) is 12.6. The van der Waals surface area contributed by atoms with Gasteiger partial charge in [0, 0.05) is 19.1 Å². The first-order valence-electron chi connectivity index (χ1n) is 6.65. The molecule has 0 amide bonds. The van der Waals surface area contributed by atoms with E-state index in [0.717, 1.165) is 17.5 Å². The van der Waals surface area contributed by atoms with E-state index in [1.165, 1.54) is 0 Å². The molecule has 1 fully saturated rings. The van der Waals surface area contributed by atoms with Crippen LogP contribution >= 0.6 is 0 Å². The van der Waals surface area contributed by atoms with Crippen molar-refractivity contribution in [1.29, 1.82) is 0 Å². The molecule has 0 bridgehead atoms. The Morgan fingerprint density at radius 1 is 1.32 bits per heavy atom. The number of rotatable bonds is 2. The lowest BCUT2D eigenvalue weighted by Crippen LogP contribution is -2.48. The third-order valence-corrected chi connectivity index (χ3v) is 5.90. The van der Waals surface area contributed by atoms with E-state index in [9.17, 15) is 8.42 Å². The fraction of sp³-hybridized carbons (Fsp3) is 0.571. The van der Waals surface area contributed by atoms with Gasteiger partial charge in [-0.15, -0.1) is 0 Å². The van der Waals surface area contributed by atoms with Crippen LogP contribution in [0.4, 0.5) is 0 Å². The Kier molecular flexibility index (Phi) is 3.99. The first-order valence-corrected chi connectivity index (χ1v) is 8.09. The molecule has 2 N–H and O–H groups in total. The second-order valence-electron chi connectivity index (χ2n) is 5.56. The smallest absolute Gasteiger partial charge is 0.243 e. The van der Waals surface area contributed by atoms with E-state index in [1.54, 1.807) is 10.4 Å². The summed E-state index contributed by atoms with van der Waals surface area (Å²) in [6, 6.07) is 5.65. The van der Waals surface area contributed by atoms with Gasteiger partial charge in [-0.3, -0.25) is 0 Å². The second-order valence-corrected chi connectivity index (χ2v) is 7.47. The Hall–Kier alpha value is -0.910. The van der Waals surface area contributed by atoms with Crippen LogP contribution in [0.5, 0.6) is 0 Å². The van der Waals surface area contributed by atoms with Gasteiger partial charge in [-0.1, -0.05) is 19.1 Å². The average Bonchev–Trinajstić information content (AvgIpc) is 2.35. The molecule has 1 aliphatic rings. The molecule has 2 rings (SSSR count). The maximum atomic E-state index is 12.7. The summed E-state index contributed by atoms with van der Waals surface area (Å²) in [4.78, 5) is 0.426. The molecule has 0 aliphatic carbocycles. The molecule has 5 heteroatoms. The van der Waals surface area contributed by atoms with Crippen LogP contribution in [0.25, 0.3) is 0 Å². The standard InChI is InChI=1S/C14H22N2O2S/c1-10-4-5-11(2)14(8-10)19(17,18)16-7-6-13(15)12(3)9-16/h4-5,8,12-13H,6-7,9,15H2,1-3H3. The highest BCUT2D eigenvalue weighted by Crippen LogP contribution is 2.25. The molecule has 2 unspecified atom stereocenters. The molecule has 0 spiro atoms. The molecule has 19 heavy (non-hydrogen) atoms. The maximum Gasteiger partial charge on any atom is 0.243 e. The number of nitrogens with zero attached hydrogens (tertiary/aromatic N) is 1. The average molecular weight is 282 g/mol. The number of hydrogen-bond donors (Lipinski definition) is 1. The molecule has 0 radical (unpaired) electrons. The molecular formula is C14H22N2O2S. The fourth-order valence-corrected chi connectivity index (χ4v) is 4.33. The minimum absolute atomic E-state index is 0.102. The van der Waals surface area contributed by atoms with E-state index in [4.69, 9.17) is 5.73 Å². The third kappa shape index (κ3) is 2.83. The maximum absolute atomic E-state index is 12.7. The zero-order chi connectivity index (χ0) is 14.2. The van der Waals surface area contributed by atoms with E-state index in [0.29, 0.717) is 18.0 Å². The Bertz CT molecular complexity index is 569. The summed E-state index contributed by atoms with van der Waals surface area (Å²) >= 11 is 0. The Morgan fingerprint density at radius 3 is 2.63 bits per heavy atom. The number of nitrogens with two attached hydrogens (primary N) is 1. The summed E-state index contributed by atoms with van der Waals surface area (Å²) in [6.45, 7) is 6.78. The van der Waals surface area contributed by atoms with Gasteiger partial charge in [0.15, 0.2) is 0 Å². The van der Waals surface area contributed by atoms with Crippen LogP contribution in [0.3, 0.4) is 0 Å². The highest BCUT2D eigenvalue weighted by Gasteiger charge is 2.32. The van der Waals surface area contributed by atoms with E-state index < -0.39 is 10.0 Å². The normalized spacial score (nSPS) is 25.5. The fourth-order valence-electron chi connectivity index (χ4n) is 2.47. The Balaban J connectivity index is 2.35. The van der Waals surface area contributed by atoms with Gasteiger partial charge >= 0.3 is 0 Å². The predicted molar refractivity (Wildman–Crippen MR) is 76.4 cm³/mol. The lowest BCUT2D eigenvalue weighted by Gasteiger charge is -2.34. The first-order chi connectivity index (χ1) is 8.82. The number of sulfonamides is 1. The van der Waals surface area contributed by atoms with Crippen molar-refractivity contribution in [2.75, 3.05) is 13.1 Å². The van der Waals surface area contributed by atoms with Crippen LogP contribution in [0.1, 0.15) is 24.5 Å². The largest absolute Gasteiger partial charge is 0.327 e. The van der Waals surface area contributed by atoms with Crippen molar-refractivity contribution in [2.24, 2.45) is 11.7 Å². The van der Waals surface area contributed by atoms with Crippen molar-refractivity contribution >= 4 is 10.0 Å². The van der Waals surface area contributed by atoms with Gasteiger partial charge in [0.2, 0.25) is 10.0 Å². The molecule has 1 aliphatic heterocycles. The first kappa shape index (κ1) is 14.5. The minimum Gasteiger partial charge on any atom is -0.327 e. The molecule has 1 aromatic rings. The quantitative estimate of drug-likeness (QED) is 0.897. The number of aryl methyl sites for hydroxylation is 2. The number of hydrogen-bond acceptors (Lipinski definition) is 3. The lowest BCUT2D eigenvalue weighted by atomic mass is 9.96. The topological polar surface area (TPSA) is 63.4 Å². The van der Waals surface area contributed by atoms with Gasteiger partial charge < -0.3 is 5.73 Å². The van der Waals surface area contributed by atoms with Crippen LogP contribution in [0.15, 0.2) is 23.1 Å². The van der Waals surface area contributed by atoms with Gasteiger partial charge in [-0.25, -0.2) is 8.42 Å². The van der Waals surface area contributed by atoms with Crippen molar-refractivity contribution in [1.82, 2.24) is 4.31 Å². The molecule has 1 aromatic carbocycles. The van der Waals surface area contributed by atoms with Crippen LogP contribution in [0.2, 0.25) is 0 Å². The van der Waals surface area contributed by atoms with Gasteiger partial charge in [0.25, 0.3) is 0 Å². The third-order valence-electron chi connectivity index (χ3n) is 3.90. The molecule has 0 saturated carbocycles. The summed E-state index contributed by atoms with van der Waals surface area (Å²) in [5.74, 6) is 0.202. The number of benzene rings is 1. The van der Waals surface area contributed by atoms with Crippen molar-refractivity contribution < 1.29 is 8.42 Å². The van der Waals surface area contributed by atoms with Crippen LogP contribution < -0.4 is 5.73 Å². The summed E-state index contributed by atoms with van der Waals surface area (Å²) in [5.41, 5.74) is 7.72. The van der Waals surface area contributed by atoms with Crippen molar-refractivity contribution in [2.45, 2.75) is 38.1 Å². The zero-order valence-electron chi connectivity index (χ0n) is 11.8. The van der Waals surface area contributed by atoms with Gasteiger partial charge in [-0.2, -0.15) is 4.31 Å². The highest BCUT2D eigenvalue weighted by atomic mass is 32.2. The summed E-state index contributed by atoms with van der Waals surface area (Å²) in [7, 11) is -3.39. The molecule has 106 valence electrons. The SMILES string of the molecule is Cc1ccc(C)c(S(=O)(=O)N2CCC(N)C(C)C2)c1. The van der Waals surface area contributed by atoms with Gasteiger partial charge in [0.05, 0.1) is 4.90 Å².